The third-order valence-electron chi connectivity index (χ3n) is 6.10. The molecule has 0 bridgehead atoms. The van der Waals surface area contributed by atoms with Crippen LogP contribution >= 0.6 is 0 Å². The molecule has 0 saturated heterocycles. The maximum absolute atomic E-state index is 15.7. The number of carbonyl (C=O) groups is 1. The summed E-state index contributed by atoms with van der Waals surface area (Å²) in [5.74, 6) is 0.155. The molecule has 9 heteroatoms. The number of ether oxygens (including phenoxy) is 1. The molecule has 3 N–H and O–H groups in total. The molecule has 5 aromatic rings. The van der Waals surface area contributed by atoms with Crippen LogP contribution in [0.2, 0.25) is 0 Å². The van der Waals surface area contributed by atoms with Crippen LogP contribution in [0.3, 0.4) is 0 Å². The number of pyridine rings is 1. The first-order valence-corrected chi connectivity index (χ1v) is 11.8. The minimum atomic E-state index is -0.502. The third-order valence-corrected chi connectivity index (χ3v) is 6.10. The number of nitrogens with one attached hydrogen (secondary N) is 1. The molecule has 0 radical (unpaired) electrons. The van der Waals surface area contributed by atoms with E-state index in [1.165, 1.54) is 12.4 Å². The van der Waals surface area contributed by atoms with Gasteiger partial charge in [0.15, 0.2) is 0 Å². The van der Waals surface area contributed by atoms with Gasteiger partial charge in [-0.1, -0.05) is 24.8 Å². The van der Waals surface area contributed by atoms with E-state index in [-0.39, 0.29) is 11.7 Å². The van der Waals surface area contributed by atoms with Crippen molar-refractivity contribution in [3.8, 4) is 34.0 Å². The Kier molecular flexibility index (Phi) is 6.34. The molecular formula is C29H25FN6O2. The lowest BCUT2D eigenvalue weighted by atomic mass is 9.98. The van der Waals surface area contributed by atoms with E-state index in [4.69, 9.17) is 10.5 Å². The van der Waals surface area contributed by atoms with Crippen LogP contribution in [0.1, 0.15) is 12.6 Å². The van der Waals surface area contributed by atoms with Gasteiger partial charge in [0.1, 0.15) is 29.4 Å². The van der Waals surface area contributed by atoms with Crippen molar-refractivity contribution in [3.05, 3.63) is 90.7 Å². The predicted octanol–water partition coefficient (Wildman–Crippen LogP) is 6.03. The highest BCUT2D eigenvalue weighted by Crippen LogP contribution is 2.43. The minimum Gasteiger partial charge on any atom is -0.439 e. The van der Waals surface area contributed by atoms with Gasteiger partial charge >= 0.3 is 0 Å². The molecule has 8 nitrogen and oxygen atoms in total. The molecule has 2 aromatic carbocycles. The number of rotatable bonds is 6. The van der Waals surface area contributed by atoms with Gasteiger partial charge in [0.25, 0.3) is 5.91 Å². The molecule has 3 heterocycles. The van der Waals surface area contributed by atoms with Gasteiger partial charge in [-0.2, -0.15) is 0 Å². The second-order valence-electron chi connectivity index (χ2n) is 8.91. The number of benzene rings is 2. The van der Waals surface area contributed by atoms with Crippen molar-refractivity contribution in [1.29, 1.82) is 0 Å². The third kappa shape index (κ3) is 4.57. The summed E-state index contributed by atoms with van der Waals surface area (Å²) in [5, 5.41) is 3.33. The fraction of sp³-hybridized carbons (Fsp3) is 0.103. The van der Waals surface area contributed by atoms with Crippen molar-refractivity contribution in [2.75, 3.05) is 11.1 Å². The summed E-state index contributed by atoms with van der Waals surface area (Å²) in [6.07, 6.45) is 1.38. The van der Waals surface area contributed by atoms with Gasteiger partial charge in [0.05, 0.1) is 11.1 Å². The molecule has 0 aliphatic carbocycles. The Morgan fingerprint density at radius 2 is 1.87 bits per heavy atom. The van der Waals surface area contributed by atoms with E-state index in [0.29, 0.717) is 50.7 Å². The number of amides is 1. The number of nitrogens with two attached hydrogens (primary N) is 1. The van der Waals surface area contributed by atoms with Crippen molar-refractivity contribution in [1.82, 2.24) is 19.5 Å². The van der Waals surface area contributed by atoms with Gasteiger partial charge in [-0.15, -0.1) is 0 Å². The van der Waals surface area contributed by atoms with Gasteiger partial charge in [-0.25, -0.2) is 19.3 Å². The second-order valence-corrected chi connectivity index (χ2v) is 8.91. The van der Waals surface area contributed by atoms with Crippen LogP contribution in [0.15, 0.2) is 79.1 Å². The monoisotopic (exact) mass is 508 g/mol. The van der Waals surface area contributed by atoms with Gasteiger partial charge in [0, 0.05) is 47.3 Å². The Hall–Kier alpha value is -5.05. The minimum absolute atomic E-state index is 0.237. The molecule has 3 aromatic heterocycles. The molecule has 38 heavy (non-hydrogen) atoms. The quantitative estimate of drug-likeness (QED) is 0.271. The Labute approximate surface area is 218 Å². The highest BCUT2D eigenvalue weighted by molar-refractivity contribution is 6.08. The Bertz CT molecular complexity index is 1710. The molecule has 0 unspecified atom stereocenters. The topological polar surface area (TPSA) is 108 Å². The van der Waals surface area contributed by atoms with Crippen LogP contribution in [0.4, 0.5) is 15.9 Å². The number of anilines is 2. The number of hydrogen-bond donors (Lipinski definition) is 2. The van der Waals surface area contributed by atoms with Gasteiger partial charge in [0.2, 0.25) is 5.88 Å². The molecule has 0 atom stereocenters. The first-order chi connectivity index (χ1) is 18.2. The van der Waals surface area contributed by atoms with E-state index in [9.17, 15) is 4.79 Å². The smallest absolute Gasteiger partial charge is 0.250 e. The van der Waals surface area contributed by atoms with Gasteiger partial charge in [-0.3, -0.25) is 4.79 Å². The van der Waals surface area contributed by atoms with Crippen molar-refractivity contribution >= 4 is 28.4 Å². The zero-order valence-electron chi connectivity index (χ0n) is 21.1. The summed E-state index contributed by atoms with van der Waals surface area (Å²) in [7, 11) is 1.84. The number of carbonyl (C=O) groups excluding carboxylic acids is 1. The van der Waals surface area contributed by atoms with Crippen LogP contribution in [-0.2, 0) is 11.8 Å². The molecule has 0 fully saturated rings. The van der Waals surface area contributed by atoms with E-state index in [1.54, 1.807) is 37.3 Å². The van der Waals surface area contributed by atoms with E-state index in [0.717, 1.165) is 11.3 Å². The number of fused-ring (bicyclic) bond motifs is 1. The molecule has 190 valence electrons. The zero-order chi connectivity index (χ0) is 27.0. The summed E-state index contributed by atoms with van der Waals surface area (Å²) in [6, 6.07) is 17.3. The molecule has 5 rings (SSSR count). The fourth-order valence-corrected chi connectivity index (χ4v) is 4.28. The van der Waals surface area contributed by atoms with Crippen LogP contribution in [-0.4, -0.2) is 25.4 Å². The van der Waals surface area contributed by atoms with Crippen LogP contribution < -0.4 is 15.8 Å². The summed E-state index contributed by atoms with van der Waals surface area (Å²) >= 11 is 0. The molecule has 0 spiro atoms. The molecule has 0 aliphatic heterocycles. The molecule has 0 saturated carbocycles. The van der Waals surface area contributed by atoms with Crippen molar-refractivity contribution in [3.63, 3.8) is 0 Å². The highest BCUT2D eigenvalue weighted by Gasteiger charge is 2.24. The Balaban J connectivity index is 1.62. The summed E-state index contributed by atoms with van der Waals surface area (Å²) < 4.78 is 23.3. The first kappa shape index (κ1) is 24.6. The molecule has 1 amide bonds. The van der Waals surface area contributed by atoms with Crippen LogP contribution in [0.5, 0.6) is 11.6 Å². The van der Waals surface area contributed by atoms with Crippen molar-refractivity contribution in [2.24, 2.45) is 7.05 Å². The van der Waals surface area contributed by atoms with Crippen LogP contribution in [0.25, 0.3) is 33.4 Å². The SMILES string of the molecule is C=C(C)C(=O)Nc1ccc(-c2c(-c3ccc(Oc4cccc(C)n4)cc3F)c3c(N)ncnc3n2C)cc1. The number of hydrogen-bond acceptors (Lipinski definition) is 6. The number of nitrogen functional groups attached to an aromatic ring is 1. The standard InChI is InChI=1S/C29H25FN6O2/c1-16(2)29(37)35-19-10-8-18(9-11-19)26-24(25-27(31)32-15-33-28(25)36(26)4)21-13-12-20(14-22(21)30)38-23-7-5-6-17(3)34-23/h5-15H,1H2,2-4H3,(H,35,37)(H2,31,32,33). The summed E-state index contributed by atoms with van der Waals surface area (Å²) in [6.45, 7) is 7.15. The van der Waals surface area contributed by atoms with Gasteiger partial charge in [-0.05, 0) is 49.7 Å². The highest BCUT2D eigenvalue weighted by atomic mass is 19.1. The zero-order valence-corrected chi connectivity index (χ0v) is 21.1. The Morgan fingerprint density at radius 3 is 2.55 bits per heavy atom. The lowest BCUT2D eigenvalue weighted by Gasteiger charge is -2.12. The van der Waals surface area contributed by atoms with E-state index in [2.05, 4.69) is 26.8 Å². The second kappa shape index (κ2) is 9.78. The molecular weight excluding hydrogens is 483 g/mol. The first-order valence-electron chi connectivity index (χ1n) is 11.8. The lowest BCUT2D eigenvalue weighted by Crippen LogP contribution is -2.11. The largest absolute Gasteiger partial charge is 0.439 e. The maximum Gasteiger partial charge on any atom is 0.250 e. The number of aryl methyl sites for hydroxylation is 2. The number of nitrogens with zero attached hydrogens (tertiary/aromatic N) is 4. The average molecular weight is 509 g/mol. The lowest BCUT2D eigenvalue weighted by molar-refractivity contribution is -0.112. The number of halogens is 1. The predicted molar refractivity (Wildman–Crippen MR) is 146 cm³/mol. The average Bonchev–Trinajstić information content (AvgIpc) is 3.18. The van der Waals surface area contributed by atoms with Crippen molar-refractivity contribution in [2.45, 2.75) is 13.8 Å². The van der Waals surface area contributed by atoms with E-state index >= 15 is 4.39 Å². The van der Waals surface area contributed by atoms with E-state index in [1.807, 2.05) is 42.8 Å². The summed E-state index contributed by atoms with van der Waals surface area (Å²) in [5.41, 5.74) is 11.0. The molecule has 0 aliphatic rings. The number of aromatic nitrogens is 4. The van der Waals surface area contributed by atoms with E-state index < -0.39 is 5.82 Å². The normalized spacial score (nSPS) is 10.9. The Morgan fingerprint density at radius 1 is 1.11 bits per heavy atom. The van der Waals surface area contributed by atoms with Crippen LogP contribution in [0, 0.1) is 12.7 Å². The van der Waals surface area contributed by atoms with Gasteiger partial charge < -0.3 is 20.4 Å². The maximum atomic E-state index is 15.7. The van der Waals surface area contributed by atoms with Crippen molar-refractivity contribution < 1.29 is 13.9 Å². The fourth-order valence-electron chi connectivity index (χ4n) is 4.28. The summed E-state index contributed by atoms with van der Waals surface area (Å²) in [4.78, 5) is 24.9.